The van der Waals surface area contributed by atoms with Gasteiger partial charge in [-0.1, -0.05) is 48.2 Å². The summed E-state index contributed by atoms with van der Waals surface area (Å²) in [5.41, 5.74) is 1.90. The van der Waals surface area contributed by atoms with Gasteiger partial charge in [0.1, 0.15) is 12.4 Å². The number of benzene rings is 2. The van der Waals surface area contributed by atoms with Gasteiger partial charge in [-0.05, 0) is 62.3 Å². The zero-order chi connectivity index (χ0) is 24.7. The van der Waals surface area contributed by atoms with E-state index in [0.717, 1.165) is 72.4 Å². The third kappa shape index (κ3) is 6.37. The SMILES string of the molecule is CN1CCN(c2ccc(Sc3cccc(NC(=O)C4CCCN4)c3)c(OCc3ccccc3)n2)CC1. The molecule has 1 aromatic heterocycles. The van der Waals surface area contributed by atoms with Gasteiger partial charge in [0.25, 0.3) is 0 Å². The molecule has 3 heterocycles. The highest BCUT2D eigenvalue weighted by molar-refractivity contribution is 7.99. The molecule has 2 saturated heterocycles. The first kappa shape index (κ1) is 24.6. The van der Waals surface area contributed by atoms with Crippen molar-refractivity contribution in [3.05, 3.63) is 72.3 Å². The van der Waals surface area contributed by atoms with Crippen molar-refractivity contribution in [3.8, 4) is 5.88 Å². The summed E-state index contributed by atoms with van der Waals surface area (Å²) >= 11 is 1.60. The Balaban J connectivity index is 1.34. The van der Waals surface area contributed by atoms with E-state index in [1.807, 2.05) is 42.5 Å². The lowest BCUT2D eigenvalue weighted by atomic mass is 10.2. The number of hydrogen-bond acceptors (Lipinski definition) is 7. The van der Waals surface area contributed by atoms with Gasteiger partial charge in [-0.2, -0.15) is 4.98 Å². The van der Waals surface area contributed by atoms with E-state index in [1.54, 1.807) is 11.8 Å². The van der Waals surface area contributed by atoms with E-state index in [0.29, 0.717) is 12.5 Å². The van der Waals surface area contributed by atoms with E-state index in [2.05, 4.69) is 51.7 Å². The molecule has 3 aromatic rings. The second kappa shape index (κ2) is 11.8. The molecule has 2 N–H and O–H groups in total. The summed E-state index contributed by atoms with van der Waals surface area (Å²) in [7, 11) is 2.15. The Kier molecular flexibility index (Phi) is 8.05. The molecule has 5 rings (SSSR count). The first-order valence-corrected chi connectivity index (χ1v) is 13.4. The Hall–Kier alpha value is -3.07. The fraction of sp³-hybridized carbons (Fsp3) is 0.357. The molecule has 0 spiro atoms. The van der Waals surface area contributed by atoms with Crippen molar-refractivity contribution in [1.29, 1.82) is 0 Å². The van der Waals surface area contributed by atoms with E-state index in [4.69, 9.17) is 9.72 Å². The number of nitrogens with one attached hydrogen (secondary N) is 2. The fourth-order valence-electron chi connectivity index (χ4n) is 4.44. The number of hydrogen-bond donors (Lipinski definition) is 2. The van der Waals surface area contributed by atoms with Crippen LogP contribution in [0, 0.1) is 0 Å². The molecule has 2 fully saturated rings. The molecule has 1 amide bonds. The Morgan fingerprint density at radius 1 is 1.08 bits per heavy atom. The molecule has 0 aliphatic carbocycles. The zero-order valence-corrected chi connectivity index (χ0v) is 21.5. The minimum absolute atomic E-state index is 0.0275. The lowest BCUT2D eigenvalue weighted by Gasteiger charge is -2.33. The Labute approximate surface area is 217 Å². The second-order valence-electron chi connectivity index (χ2n) is 9.31. The molecule has 188 valence electrons. The molecule has 7 nitrogen and oxygen atoms in total. The number of pyridine rings is 1. The van der Waals surface area contributed by atoms with Crippen LogP contribution in [0.4, 0.5) is 11.5 Å². The highest BCUT2D eigenvalue weighted by Crippen LogP contribution is 2.37. The van der Waals surface area contributed by atoms with Gasteiger partial charge in [-0.3, -0.25) is 4.79 Å². The standard InChI is InChI=1S/C28H33N5O2S/c1-32-15-17-33(18-16-32)26-13-12-25(28(31-26)35-20-21-7-3-2-4-8-21)36-23-10-5-9-22(19-23)30-27(34)24-11-6-14-29-24/h2-5,7-10,12-13,19,24,29H,6,11,14-18,20H2,1H3,(H,30,34). The molecule has 2 aliphatic heterocycles. The van der Waals surface area contributed by atoms with Crippen molar-refractivity contribution in [1.82, 2.24) is 15.2 Å². The van der Waals surface area contributed by atoms with E-state index in [1.165, 1.54) is 0 Å². The van der Waals surface area contributed by atoms with E-state index in [9.17, 15) is 4.79 Å². The summed E-state index contributed by atoms with van der Waals surface area (Å²) in [6.45, 7) is 5.30. The van der Waals surface area contributed by atoms with Gasteiger partial charge >= 0.3 is 0 Å². The smallest absolute Gasteiger partial charge is 0.241 e. The molecule has 2 aliphatic rings. The molecule has 0 saturated carbocycles. The third-order valence-electron chi connectivity index (χ3n) is 6.56. The predicted octanol–water partition coefficient (Wildman–Crippen LogP) is 4.25. The number of piperazine rings is 1. The number of aromatic nitrogens is 1. The number of nitrogens with zero attached hydrogens (tertiary/aromatic N) is 3. The van der Waals surface area contributed by atoms with Gasteiger partial charge in [0.05, 0.1) is 10.9 Å². The monoisotopic (exact) mass is 503 g/mol. The van der Waals surface area contributed by atoms with Crippen LogP contribution in [0.2, 0.25) is 0 Å². The van der Waals surface area contributed by atoms with Crippen LogP contribution in [0.5, 0.6) is 5.88 Å². The topological polar surface area (TPSA) is 69.7 Å². The lowest BCUT2D eigenvalue weighted by Crippen LogP contribution is -2.44. The first-order chi connectivity index (χ1) is 17.6. The number of rotatable bonds is 8. The van der Waals surface area contributed by atoms with E-state index >= 15 is 0 Å². The number of carbonyl (C=O) groups is 1. The predicted molar refractivity (Wildman–Crippen MR) is 145 cm³/mol. The van der Waals surface area contributed by atoms with E-state index in [-0.39, 0.29) is 11.9 Å². The van der Waals surface area contributed by atoms with Crippen LogP contribution in [0.25, 0.3) is 0 Å². The summed E-state index contributed by atoms with van der Waals surface area (Å²) in [6.07, 6.45) is 1.92. The first-order valence-electron chi connectivity index (χ1n) is 12.6. The maximum atomic E-state index is 12.5. The van der Waals surface area contributed by atoms with Gasteiger partial charge in [-0.25, -0.2) is 0 Å². The van der Waals surface area contributed by atoms with Crippen molar-refractivity contribution in [2.45, 2.75) is 35.3 Å². The summed E-state index contributed by atoms with van der Waals surface area (Å²) in [6, 6.07) is 22.2. The van der Waals surface area contributed by atoms with Gasteiger partial charge in [-0.15, -0.1) is 0 Å². The molecule has 0 bridgehead atoms. The van der Waals surface area contributed by atoms with Crippen LogP contribution in [-0.2, 0) is 11.4 Å². The lowest BCUT2D eigenvalue weighted by molar-refractivity contribution is -0.117. The number of amides is 1. The normalized spacial score (nSPS) is 18.2. The van der Waals surface area contributed by atoms with E-state index < -0.39 is 0 Å². The maximum absolute atomic E-state index is 12.5. The quantitative estimate of drug-likeness (QED) is 0.476. The second-order valence-corrected chi connectivity index (χ2v) is 10.4. The largest absolute Gasteiger partial charge is 0.472 e. The summed E-state index contributed by atoms with van der Waals surface area (Å²) in [4.78, 5) is 24.1. The number of likely N-dealkylation sites (N-methyl/N-ethyl adjacent to an activating group) is 1. The van der Waals surface area contributed by atoms with Gasteiger partial charge in [0.15, 0.2) is 0 Å². The number of carbonyl (C=O) groups excluding carboxylic acids is 1. The highest BCUT2D eigenvalue weighted by atomic mass is 32.2. The Morgan fingerprint density at radius 3 is 2.69 bits per heavy atom. The molecule has 2 aromatic carbocycles. The van der Waals surface area contributed by atoms with Crippen LogP contribution < -0.4 is 20.3 Å². The van der Waals surface area contributed by atoms with Crippen molar-refractivity contribution in [3.63, 3.8) is 0 Å². The molecule has 1 unspecified atom stereocenters. The molecule has 8 heteroatoms. The highest BCUT2D eigenvalue weighted by Gasteiger charge is 2.22. The van der Waals surface area contributed by atoms with Gasteiger partial charge in [0.2, 0.25) is 11.8 Å². The molecule has 36 heavy (non-hydrogen) atoms. The molecular weight excluding hydrogens is 470 g/mol. The van der Waals surface area contributed by atoms with Crippen molar-refractivity contribution in [2.24, 2.45) is 0 Å². The van der Waals surface area contributed by atoms with Gasteiger partial charge in [0, 0.05) is 36.8 Å². The molecular formula is C28H33N5O2S. The summed E-state index contributed by atoms with van der Waals surface area (Å²) in [5.74, 6) is 1.60. The Bertz CT molecular complexity index is 1160. The van der Waals surface area contributed by atoms with Crippen LogP contribution >= 0.6 is 11.8 Å². The average Bonchev–Trinajstić information content (AvgIpc) is 3.45. The third-order valence-corrected chi connectivity index (χ3v) is 7.58. The fourth-order valence-corrected chi connectivity index (χ4v) is 5.35. The molecule has 0 radical (unpaired) electrons. The van der Waals surface area contributed by atoms with Crippen molar-refractivity contribution >= 4 is 29.2 Å². The van der Waals surface area contributed by atoms with Crippen LogP contribution in [0.3, 0.4) is 0 Å². The average molecular weight is 504 g/mol. The minimum Gasteiger partial charge on any atom is -0.472 e. The van der Waals surface area contributed by atoms with Crippen LogP contribution in [0.15, 0.2) is 76.5 Å². The summed E-state index contributed by atoms with van der Waals surface area (Å²) < 4.78 is 6.26. The number of anilines is 2. The van der Waals surface area contributed by atoms with Crippen LogP contribution in [-0.4, -0.2) is 61.6 Å². The zero-order valence-electron chi connectivity index (χ0n) is 20.7. The number of ether oxygens (including phenoxy) is 1. The van der Waals surface area contributed by atoms with Crippen molar-refractivity contribution in [2.75, 3.05) is 50.0 Å². The Morgan fingerprint density at radius 2 is 1.92 bits per heavy atom. The van der Waals surface area contributed by atoms with Crippen molar-refractivity contribution < 1.29 is 9.53 Å². The minimum atomic E-state index is -0.106. The molecule has 1 atom stereocenters. The maximum Gasteiger partial charge on any atom is 0.241 e. The van der Waals surface area contributed by atoms with Crippen LogP contribution in [0.1, 0.15) is 18.4 Å². The van der Waals surface area contributed by atoms with Gasteiger partial charge < -0.3 is 25.2 Å². The summed E-state index contributed by atoms with van der Waals surface area (Å²) in [5, 5.41) is 6.31.